The highest BCUT2D eigenvalue weighted by molar-refractivity contribution is 5.89. The summed E-state index contributed by atoms with van der Waals surface area (Å²) >= 11 is 0. The van der Waals surface area contributed by atoms with E-state index in [1.807, 2.05) is 19.2 Å². The molecule has 20 heavy (non-hydrogen) atoms. The minimum atomic E-state index is -0.913. The minimum Gasteiger partial charge on any atom is -0.478 e. The Balaban J connectivity index is 2.10. The molecule has 0 radical (unpaired) electrons. The van der Waals surface area contributed by atoms with Gasteiger partial charge in [0.25, 0.3) is 0 Å². The van der Waals surface area contributed by atoms with E-state index in [4.69, 9.17) is 5.11 Å². The Morgan fingerprint density at radius 3 is 2.90 bits per heavy atom. The van der Waals surface area contributed by atoms with Crippen molar-refractivity contribution in [3.8, 4) is 0 Å². The molecule has 0 amide bonds. The van der Waals surface area contributed by atoms with Crippen LogP contribution >= 0.6 is 0 Å². The fourth-order valence-electron chi connectivity index (χ4n) is 2.14. The summed E-state index contributed by atoms with van der Waals surface area (Å²) in [6, 6.07) is 5.23. The SMILES string of the molecule is CCCn1ccnc1CNc1cc(C)cc(C(=O)O)c1. The molecule has 5 nitrogen and oxygen atoms in total. The molecule has 0 aliphatic carbocycles. The number of hydrogen-bond acceptors (Lipinski definition) is 3. The third-order valence-corrected chi connectivity index (χ3v) is 3.04. The highest BCUT2D eigenvalue weighted by Crippen LogP contribution is 2.15. The van der Waals surface area contributed by atoms with Crippen LogP contribution < -0.4 is 5.32 Å². The van der Waals surface area contributed by atoms with Crippen LogP contribution in [0, 0.1) is 6.92 Å². The van der Waals surface area contributed by atoms with Gasteiger partial charge in [0.05, 0.1) is 12.1 Å². The maximum Gasteiger partial charge on any atom is 0.335 e. The normalized spacial score (nSPS) is 10.5. The molecule has 0 atom stereocenters. The van der Waals surface area contributed by atoms with E-state index >= 15 is 0 Å². The lowest BCUT2D eigenvalue weighted by molar-refractivity contribution is 0.0697. The lowest BCUT2D eigenvalue weighted by Crippen LogP contribution is -2.09. The summed E-state index contributed by atoms with van der Waals surface area (Å²) < 4.78 is 2.10. The van der Waals surface area contributed by atoms with E-state index < -0.39 is 5.97 Å². The zero-order valence-corrected chi connectivity index (χ0v) is 11.8. The van der Waals surface area contributed by atoms with Gasteiger partial charge in [-0.1, -0.05) is 6.92 Å². The van der Waals surface area contributed by atoms with E-state index in [1.54, 1.807) is 18.3 Å². The Kier molecular flexibility index (Phi) is 4.40. The number of aromatic carboxylic acids is 1. The fourth-order valence-corrected chi connectivity index (χ4v) is 2.14. The van der Waals surface area contributed by atoms with E-state index in [-0.39, 0.29) is 0 Å². The molecule has 0 aliphatic rings. The van der Waals surface area contributed by atoms with Gasteiger partial charge in [-0.25, -0.2) is 9.78 Å². The van der Waals surface area contributed by atoms with Crippen LogP contribution in [-0.4, -0.2) is 20.6 Å². The quantitative estimate of drug-likeness (QED) is 0.849. The number of carboxylic acids is 1. The number of nitrogens with one attached hydrogen (secondary N) is 1. The molecule has 2 aromatic rings. The topological polar surface area (TPSA) is 67.2 Å². The fraction of sp³-hybridized carbons (Fsp3) is 0.333. The molecule has 0 bridgehead atoms. The van der Waals surface area contributed by atoms with Gasteiger partial charge in [0, 0.05) is 24.6 Å². The van der Waals surface area contributed by atoms with Gasteiger partial charge in [-0.05, 0) is 37.1 Å². The van der Waals surface area contributed by atoms with Crippen molar-refractivity contribution in [2.24, 2.45) is 0 Å². The number of carbonyl (C=O) groups is 1. The molecule has 0 saturated carbocycles. The van der Waals surface area contributed by atoms with Gasteiger partial charge in [-0.15, -0.1) is 0 Å². The Hall–Kier alpha value is -2.30. The molecule has 0 saturated heterocycles. The molecule has 2 N–H and O–H groups in total. The molecule has 0 spiro atoms. The van der Waals surface area contributed by atoms with Gasteiger partial charge in [0.1, 0.15) is 5.82 Å². The van der Waals surface area contributed by atoms with Crippen molar-refractivity contribution in [1.29, 1.82) is 0 Å². The van der Waals surface area contributed by atoms with Crippen molar-refractivity contribution in [3.05, 3.63) is 47.5 Å². The Morgan fingerprint density at radius 2 is 2.20 bits per heavy atom. The minimum absolute atomic E-state index is 0.296. The summed E-state index contributed by atoms with van der Waals surface area (Å²) in [7, 11) is 0. The lowest BCUT2D eigenvalue weighted by atomic mass is 10.1. The maximum absolute atomic E-state index is 11.0. The van der Waals surface area contributed by atoms with Gasteiger partial charge in [0.2, 0.25) is 0 Å². The van der Waals surface area contributed by atoms with Crippen molar-refractivity contribution < 1.29 is 9.90 Å². The van der Waals surface area contributed by atoms with Crippen LogP contribution in [0.2, 0.25) is 0 Å². The maximum atomic E-state index is 11.0. The number of hydrogen-bond donors (Lipinski definition) is 2. The summed E-state index contributed by atoms with van der Waals surface area (Å²) in [5, 5.41) is 12.3. The van der Waals surface area contributed by atoms with E-state index in [0.717, 1.165) is 30.0 Å². The van der Waals surface area contributed by atoms with Gasteiger partial charge in [-0.2, -0.15) is 0 Å². The Labute approximate surface area is 118 Å². The van der Waals surface area contributed by atoms with Gasteiger partial charge in [0.15, 0.2) is 0 Å². The lowest BCUT2D eigenvalue weighted by Gasteiger charge is -2.10. The van der Waals surface area contributed by atoms with Crippen LogP contribution in [0.25, 0.3) is 0 Å². The first-order chi connectivity index (χ1) is 9.60. The number of benzene rings is 1. The number of carboxylic acid groups (broad SMARTS) is 1. The number of anilines is 1. The van der Waals surface area contributed by atoms with Crippen molar-refractivity contribution in [2.45, 2.75) is 33.4 Å². The number of aryl methyl sites for hydroxylation is 2. The number of imidazole rings is 1. The predicted molar refractivity (Wildman–Crippen MR) is 78.0 cm³/mol. The average molecular weight is 273 g/mol. The van der Waals surface area contributed by atoms with Crippen LogP contribution in [0.1, 0.15) is 35.1 Å². The van der Waals surface area contributed by atoms with E-state index in [9.17, 15) is 4.79 Å². The van der Waals surface area contributed by atoms with Gasteiger partial charge in [-0.3, -0.25) is 0 Å². The van der Waals surface area contributed by atoms with Crippen LogP contribution in [0.15, 0.2) is 30.6 Å². The summed E-state index contributed by atoms with van der Waals surface area (Å²) in [5.74, 6) is 0.0365. The zero-order chi connectivity index (χ0) is 14.5. The standard InChI is InChI=1S/C15H19N3O2/c1-3-5-18-6-4-16-14(18)10-17-13-8-11(2)7-12(9-13)15(19)20/h4,6-9,17H,3,5,10H2,1-2H3,(H,19,20). The first kappa shape index (κ1) is 14.1. The van der Waals surface area contributed by atoms with Crippen molar-refractivity contribution in [2.75, 3.05) is 5.32 Å². The molecule has 0 aliphatic heterocycles. The molecule has 1 aromatic heterocycles. The van der Waals surface area contributed by atoms with Gasteiger partial charge >= 0.3 is 5.97 Å². The zero-order valence-electron chi connectivity index (χ0n) is 11.8. The smallest absolute Gasteiger partial charge is 0.335 e. The molecular weight excluding hydrogens is 254 g/mol. The third-order valence-electron chi connectivity index (χ3n) is 3.04. The van der Waals surface area contributed by atoms with E-state index in [1.165, 1.54) is 0 Å². The second kappa shape index (κ2) is 6.23. The second-order valence-corrected chi connectivity index (χ2v) is 4.78. The summed E-state index contributed by atoms with van der Waals surface area (Å²) in [6.45, 7) is 5.52. The number of aromatic nitrogens is 2. The predicted octanol–water partition coefficient (Wildman–Crippen LogP) is 2.91. The molecule has 106 valence electrons. The van der Waals surface area contributed by atoms with Crippen molar-refractivity contribution >= 4 is 11.7 Å². The van der Waals surface area contributed by atoms with Crippen LogP contribution in [0.4, 0.5) is 5.69 Å². The molecule has 2 rings (SSSR count). The molecule has 1 heterocycles. The van der Waals surface area contributed by atoms with Crippen molar-refractivity contribution in [3.63, 3.8) is 0 Å². The van der Waals surface area contributed by atoms with E-state index in [2.05, 4.69) is 21.8 Å². The van der Waals surface area contributed by atoms with Crippen LogP contribution in [-0.2, 0) is 13.1 Å². The highest BCUT2D eigenvalue weighted by Gasteiger charge is 2.06. The summed E-state index contributed by atoms with van der Waals surface area (Å²) in [4.78, 5) is 15.3. The largest absolute Gasteiger partial charge is 0.478 e. The van der Waals surface area contributed by atoms with Crippen LogP contribution in [0.5, 0.6) is 0 Å². The summed E-state index contributed by atoms with van der Waals surface area (Å²) in [6.07, 6.45) is 4.79. The first-order valence-corrected chi connectivity index (χ1v) is 6.69. The summed E-state index contributed by atoms with van der Waals surface area (Å²) in [5.41, 5.74) is 2.02. The number of nitrogens with zero attached hydrogens (tertiary/aromatic N) is 2. The second-order valence-electron chi connectivity index (χ2n) is 4.78. The molecule has 5 heteroatoms. The van der Waals surface area contributed by atoms with Crippen molar-refractivity contribution in [1.82, 2.24) is 9.55 Å². The molecular formula is C15H19N3O2. The molecule has 0 unspecified atom stereocenters. The van der Waals surface area contributed by atoms with E-state index in [0.29, 0.717) is 12.1 Å². The van der Waals surface area contributed by atoms with Crippen LogP contribution in [0.3, 0.4) is 0 Å². The monoisotopic (exact) mass is 273 g/mol. The molecule has 1 aromatic carbocycles. The Morgan fingerprint density at radius 1 is 1.40 bits per heavy atom. The average Bonchev–Trinajstić information content (AvgIpc) is 2.83. The highest BCUT2D eigenvalue weighted by atomic mass is 16.4. The molecule has 0 fully saturated rings. The Bertz CT molecular complexity index is 605. The first-order valence-electron chi connectivity index (χ1n) is 6.69. The van der Waals surface area contributed by atoms with Gasteiger partial charge < -0.3 is 15.0 Å². The number of rotatable bonds is 6. The third kappa shape index (κ3) is 3.38.